The van der Waals surface area contributed by atoms with E-state index in [1.54, 1.807) is 18.2 Å². The second-order valence-corrected chi connectivity index (χ2v) is 4.79. The summed E-state index contributed by atoms with van der Waals surface area (Å²) in [6.07, 6.45) is 1.59. The van der Waals surface area contributed by atoms with Crippen LogP contribution in [0.25, 0.3) is 6.08 Å². The average molecular weight is 274 g/mol. The number of benzene rings is 1. The molecule has 1 fully saturated rings. The van der Waals surface area contributed by atoms with Gasteiger partial charge in [0.05, 0.1) is 17.4 Å². The van der Waals surface area contributed by atoms with Gasteiger partial charge in [-0.25, -0.2) is 0 Å². The average Bonchev–Trinajstić information content (AvgIpc) is 2.65. The van der Waals surface area contributed by atoms with Crippen molar-refractivity contribution in [1.82, 2.24) is 4.90 Å². The van der Waals surface area contributed by atoms with E-state index in [9.17, 15) is 14.7 Å². The number of hydrogen-bond donors (Lipinski definition) is 1. The van der Waals surface area contributed by atoms with Gasteiger partial charge in [-0.15, -0.1) is 0 Å². The number of rotatable bonds is 3. The Balaban J connectivity index is 2.24. The van der Waals surface area contributed by atoms with E-state index in [-0.39, 0.29) is 28.9 Å². The molecule has 1 N–H and O–H groups in total. The van der Waals surface area contributed by atoms with Gasteiger partial charge in [-0.05, 0) is 23.9 Å². The molecule has 0 aromatic heterocycles. The SMILES string of the molecule is N#CCCN1C(=O)S/C(=C\c2ccccc2O)C1=O. The number of phenols is 1. The molecule has 1 heterocycles. The number of hydrogen-bond acceptors (Lipinski definition) is 5. The number of thioether (sulfide) groups is 1. The standard InChI is InChI=1S/C13H10N2O3S/c14-6-3-7-15-12(17)11(19-13(15)18)8-9-4-1-2-5-10(9)16/h1-2,4-5,8,16H,3,7H2/b11-8-. The molecule has 6 heteroatoms. The van der Waals surface area contributed by atoms with Crippen LogP contribution in [0, 0.1) is 11.3 Å². The van der Waals surface area contributed by atoms with E-state index >= 15 is 0 Å². The van der Waals surface area contributed by atoms with Crippen molar-refractivity contribution in [3.63, 3.8) is 0 Å². The normalized spacial score (nSPS) is 17.0. The van der Waals surface area contributed by atoms with Crippen LogP contribution in [0.2, 0.25) is 0 Å². The van der Waals surface area contributed by atoms with Crippen molar-refractivity contribution < 1.29 is 14.7 Å². The van der Waals surface area contributed by atoms with Crippen LogP contribution in [0.4, 0.5) is 4.79 Å². The van der Waals surface area contributed by atoms with E-state index < -0.39 is 5.91 Å². The van der Waals surface area contributed by atoms with Gasteiger partial charge >= 0.3 is 0 Å². The molecule has 1 aromatic carbocycles. The van der Waals surface area contributed by atoms with E-state index in [1.807, 2.05) is 6.07 Å². The molecule has 1 saturated heterocycles. The van der Waals surface area contributed by atoms with E-state index in [2.05, 4.69) is 0 Å². The molecule has 1 aliphatic rings. The minimum absolute atomic E-state index is 0.0475. The number of carbonyl (C=O) groups excluding carboxylic acids is 2. The van der Waals surface area contributed by atoms with E-state index in [1.165, 1.54) is 12.1 Å². The third-order valence-electron chi connectivity index (χ3n) is 2.54. The quantitative estimate of drug-likeness (QED) is 0.855. The van der Waals surface area contributed by atoms with Gasteiger partial charge in [0, 0.05) is 12.1 Å². The number of phenolic OH excluding ortho intramolecular Hbond substituents is 1. The van der Waals surface area contributed by atoms with Gasteiger partial charge in [0.25, 0.3) is 11.1 Å². The molecule has 19 heavy (non-hydrogen) atoms. The van der Waals surface area contributed by atoms with Crippen molar-refractivity contribution >= 4 is 29.0 Å². The van der Waals surface area contributed by atoms with Gasteiger partial charge < -0.3 is 5.11 Å². The lowest BCUT2D eigenvalue weighted by molar-refractivity contribution is -0.122. The number of amides is 2. The van der Waals surface area contributed by atoms with Crippen LogP contribution < -0.4 is 0 Å². The summed E-state index contributed by atoms with van der Waals surface area (Å²) in [5.41, 5.74) is 0.480. The van der Waals surface area contributed by atoms with Gasteiger partial charge in [0.15, 0.2) is 0 Å². The van der Waals surface area contributed by atoms with Crippen molar-refractivity contribution in [2.24, 2.45) is 0 Å². The summed E-state index contributed by atoms with van der Waals surface area (Å²) in [4.78, 5) is 24.9. The lowest BCUT2D eigenvalue weighted by atomic mass is 10.2. The third kappa shape index (κ3) is 2.77. The van der Waals surface area contributed by atoms with Crippen molar-refractivity contribution in [1.29, 1.82) is 5.26 Å². The van der Waals surface area contributed by atoms with Crippen LogP contribution in [0.15, 0.2) is 29.2 Å². The molecular weight excluding hydrogens is 264 g/mol. The Labute approximate surface area is 114 Å². The topological polar surface area (TPSA) is 81.4 Å². The predicted octanol–water partition coefficient (Wildman–Crippen LogP) is 2.34. The minimum atomic E-state index is -0.423. The third-order valence-corrected chi connectivity index (χ3v) is 3.45. The number of nitrogens with zero attached hydrogens (tertiary/aromatic N) is 2. The van der Waals surface area contributed by atoms with Crippen LogP contribution in [0.3, 0.4) is 0 Å². The Morgan fingerprint density at radius 1 is 1.37 bits per heavy atom. The maximum atomic E-state index is 12.0. The zero-order chi connectivity index (χ0) is 13.8. The molecule has 0 bridgehead atoms. The number of imide groups is 1. The summed E-state index contributed by atoms with van der Waals surface area (Å²) in [5.74, 6) is -0.375. The number of aromatic hydroxyl groups is 1. The molecule has 1 aromatic rings. The van der Waals surface area contributed by atoms with Crippen LogP contribution >= 0.6 is 11.8 Å². The monoisotopic (exact) mass is 274 g/mol. The van der Waals surface area contributed by atoms with E-state index in [0.29, 0.717) is 5.56 Å². The fourth-order valence-corrected chi connectivity index (χ4v) is 2.46. The lowest BCUT2D eigenvalue weighted by Gasteiger charge is -2.08. The Hall–Kier alpha value is -2.26. The molecule has 1 aliphatic heterocycles. The van der Waals surface area contributed by atoms with Gasteiger partial charge in [-0.3, -0.25) is 14.5 Å². The summed E-state index contributed by atoms with van der Waals surface area (Å²) in [5, 5.41) is 17.7. The zero-order valence-electron chi connectivity index (χ0n) is 9.87. The molecule has 0 spiro atoms. The largest absolute Gasteiger partial charge is 0.507 e. The highest BCUT2D eigenvalue weighted by atomic mass is 32.2. The van der Waals surface area contributed by atoms with Crippen LogP contribution in [0.1, 0.15) is 12.0 Å². The van der Waals surface area contributed by atoms with Crippen LogP contribution in [-0.4, -0.2) is 27.7 Å². The Morgan fingerprint density at radius 3 is 2.79 bits per heavy atom. The smallest absolute Gasteiger partial charge is 0.293 e. The fourth-order valence-electron chi connectivity index (χ4n) is 1.61. The van der Waals surface area contributed by atoms with Crippen molar-refractivity contribution in [3.8, 4) is 11.8 Å². The number of nitriles is 1. The van der Waals surface area contributed by atoms with Gasteiger partial charge in [-0.1, -0.05) is 18.2 Å². The summed E-state index contributed by atoms with van der Waals surface area (Å²) in [6, 6.07) is 8.45. The highest BCUT2D eigenvalue weighted by molar-refractivity contribution is 8.18. The molecular formula is C13H10N2O3S. The highest BCUT2D eigenvalue weighted by Gasteiger charge is 2.34. The second kappa shape index (κ2) is 5.59. The Bertz CT molecular complexity index is 604. The van der Waals surface area contributed by atoms with E-state index in [0.717, 1.165) is 16.7 Å². The molecule has 2 amide bonds. The first kappa shape index (κ1) is 13.2. The van der Waals surface area contributed by atoms with E-state index in [4.69, 9.17) is 5.26 Å². The van der Waals surface area contributed by atoms with Crippen molar-refractivity contribution in [3.05, 3.63) is 34.7 Å². The molecule has 0 unspecified atom stereocenters. The molecule has 0 radical (unpaired) electrons. The highest BCUT2D eigenvalue weighted by Crippen LogP contribution is 2.33. The van der Waals surface area contributed by atoms with Crippen molar-refractivity contribution in [2.75, 3.05) is 6.54 Å². The van der Waals surface area contributed by atoms with Gasteiger partial charge in [-0.2, -0.15) is 5.26 Å². The maximum Gasteiger partial charge on any atom is 0.293 e. The van der Waals surface area contributed by atoms with Crippen LogP contribution in [0.5, 0.6) is 5.75 Å². The molecule has 5 nitrogen and oxygen atoms in total. The molecule has 2 rings (SSSR count). The minimum Gasteiger partial charge on any atom is -0.507 e. The first-order chi connectivity index (χ1) is 9.13. The molecule has 0 aliphatic carbocycles. The Kier molecular flexibility index (Phi) is 3.88. The van der Waals surface area contributed by atoms with Crippen LogP contribution in [-0.2, 0) is 4.79 Å². The zero-order valence-corrected chi connectivity index (χ0v) is 10.7. The first-order valence-electron chi connectivity index (χ1n) is 5.54. The Morgan fingerprint density at radius 2 is 2.11 bits per heavy atom. The summed E-state index contributed by atoms with van der Waals surface area (Å²) < 4.78 is 0. The summed E-state index contributed by atoms with van der Waals surface area (Å²) in [7, 11) is 0. The molecule has 0 atom stereocenters. The second-order valence-electron chi connectivity index (χ2n) is 3.80. The maximum absolute atomic E-state index is 12.0. The predicted molar refractivity (Wildman–Crippen MR) is 71.0 cm³/mol. The van der Waals surface area contributed by atoms with Gasteiger partial charge in [0.1, 0.15) is 5.75 Å². The summed E-state index contributed by atoms with van der Waals surface area (Å²) >= 11 is 0.814. The number of para-hydroxylation sites is 1. The molecule has 96 valence electrons. The lowest BCUT2D eigenvalue weighted by Crippen LogP contribution is -2.28. The van der Waals surface area contributed by atoms with Gasteiger partial charge in [0.2, 0.25) is 0 Å². The van der Waals surface area contributed by atoms with Crippen molar-refractivity contribution in [2.45, 2.75) is 6.42 Å². The fraction of sp³-hybridized carbons (Fsp3) is 0.154. The number of carbonyl (C=O) groups is 2. The first-order valence-corrected chi connectivity index (χ1v) is 6.35. The summed E-state index contributed by atoms with van der Waals surface area (Å²) in [6.45, 7) is 0.0965. The molecule has 0 saturated carbocycles.